The van der Waals surface area contributed by atoms with Crippen molar-refractivity contribution >= 4 is 33.0 Å². The number of carbonyl (C=O) groups excluding carboxylic acids is 1. The Balaban J connectivity index is 1.93. The highest BCUT2D eigenvalue weighted by Crippen LogP contribution is 2.21. The van der Waals surface area contributed by atoms with E-state index in [-0.39, 0.29) is 5.91 Å². The van der Waals surface area contributed by atoms with E-state index in [1.807, 2.05) is 25.1 Å². The Morgan fingerprint density at radius 2 is 2.20 bits per heavy atom. The van der Waals surface area contributed by atoms with Gasteiger partial charge in [0.15, 0.2) is 0 Å². The van der Waals surface area contributed by atoms with Crippen LogP contribution < -0.4 is 5.32 Å². The summed E-state index contributed by atoms with van der Waals surface area (Å²) < 4.78 is 2.60. The zero-order chi connectivity index (χ0) is 14.1. The number of hydrogen-bond acceptors (Lipinski definition) is 3. The number of hydrogen-bond donors (Lipinski definition) is 1. The molecule has 0 aliphatic carbocycles. The minimum atomic E-state index is -0.196. The van der Waals surface area contributed by atoms with Crippen molar-refractivity contribution < 1.29 is 4.79 Å². The number of carbonyl (C=O) groups is 1. The first-order chi connectivity index (χ1) is 9.65. The quantitative estimate of drug-likeness (QED) is 0.785. The number of nitrogens with zero attached hydrogens (tertiary/aromatic N) is 3. The smallest absolute Gasteiger partial charge is 0.259 e. The molecule has 1 aromatic carbocycles. The lowest BCUT2D eigenvalue weighted by molar-refractivity contribution is 0.102. The van der Waals surface area contributed by atoms with E-state index < -0.39 is 0 Å². The minimum Gasteiger partial charge on any atom is -0.322 e. The maximum absolute atomic E-state index is 12.3. The van der Waals surface area contributed by atoms with Gasteiger partial charge in [-0.05, 0) is 30.7 Å². The highest BCUT2D eigenvalue weighted by molar-refractivity contribution is 9.10. The Bertz CT molecular complexity index is 797. The Morgan fingerprint density at radius 3 is 3.00 bits per heavy atom. The molecule has 2 aromatic heterocycles. The van der Waals surface area contributed by atoms with Gasteiger partial charge in [0.2, 0.25) is 0 Å². The van der Waals surface area contributed by atoms with Crippen molar-refractivity contribution in [2.24, 2.45) is 0 Å². The molecule has 6 heteroatoms. The van der Waals surface area contributed by atoms with Crippen LogP contribution in [-0.4, -0.2) is 20.5 Å². The summed E-state index contributed by atoms with van der Waals surface area (Å²) in [6.45, 7) is 1.94. The molecule has 0 bridgehead atoms. The number of amides is 1. The monoisotopic (exact) mass is 330 g/mol. The Hall–Kier alpha value is -2.21. The highest BCUT2D eigenvalue weighted by Gasteiger charge is 2.13. The second kappa shape index (κ2) is 5.05. The molecule has 0 unspecified atom stereocenters. The molecule has 0 fully saturated rings. The number of fused-ring (bicyclic) bond motifs is 1. The molecular weight excluding hydrogens is 320 g/mol. The van der Waals surface area contributed by atoms with Crippen LogP contribution in [0.25, 0.3) is 5.52 Å². The van der Waals surface area contributed by atoms with Crippen LogP contribution in [0.4, 0.5) is 5.69 Å². The van der Waals surface area contributed by atoms with Crippen molar-refractivity contribution in [1.29, 1.82) is 0 Å². The van der Waals surface area contributed by atoms with E-state index in [1.165, 1.54) is 0 Å². The molecule has 20 heavy (non-hydrogen) atoms. The lowest BCUT2D eigenvalue weighted by Crippen LogP contribution is -2.12. The van der Waals surface area contributed by atoms with E-state index >= 15 is 0 Å². The third kappa shape index (κ3) is 2.30. The molecule has 0 aliphatic rings. The molecule has 100 valence electrons. The lowest BCUT2D eigenvalue weighted by Gasteiger charge is -2.07. The van der Waals surface area contributed by atoms with Crippen molar-refractivity contribution in [1.82, 2.24) is 14.6 Å². The molecule has 0 radical (unpaired) electrons. The number of anilines is 1. The third-order valence-corrected chi connectivity index (χ3v) is 3.50. The number of aromatic nitrogens is 3. The second-order valence-electron chi connectivity index (χ2n) is 4.38. The summed E-state index contributed by atoms with van der Waals surface area (Å²) in [5.41, 5.74) is 2.95. The average Bonchev–Trinajstić information content (AvgIpc) is 2.86. The van der Waals surface area contributed by atoms with E-state index in [9.17, 15) is 4.79 Å². The molecular formula is C14H11BrN4O. The summed E-state index contributed by atoms with van der Waals surface area (Å²) >= 11 is 3.40. The molecule has 0 saturated carbocycles. The summed E-state index contributed by atoms with van der Waals surface area (Å²) in [6.07, 6.45) is 6.49. The molecule has 0 atom stereocenters. The summed E-state index contributed by atoms with van der Waals surface area (Å²) in [4.78, 5) is 16.3. The predicted octanol–water partition coefficient (Wildman–Crippen LogP) is 3.05. The zero-order valence-corrected chi connectivity index (χ0v) is 12.3. The van der Waals surface area contributed by atoms with Crippen LogP contribution in [0.1, 0.15) is 15.9 Å². The van der Waals surface area contributed by atoms with E-state index in [1.54, 1.807) is 29.3 Å². The van der Waals surface area contributed by atoms with E-state index in [4.69, 9.17) is 0 Å². The predicted molar refractivity (Wildman–Crippen MR) is 79.8 cm³/mol. The fraction of sp³-hybridized carbons (Fsp3) is 0.0714. The lowest BCUT2D eigenvalue weighted by atomic mass is 10.2. The van der Waals surface area contributed by atoms with Gasteiger partial charge >= 0.3 is 0 Å². The number of nitrogens with one attached hydrogen (secondary N) is 1. The topological polar surface area (TPSA) is 59.3 Å². The van der Waals surface area contributed by atoms with Gasteiger partial charge in [0, 0.05) is 22.6 Å². The normalized spacial score (nSPS) is 10.7. The van der Waals surface area contributed by atoms with Crippen LogP contribution in [0.15, 0.2) is 47.5 Å². The number of rotatable bonds is 2. The van der Waals surface area contributed by atoms with Gasteiger partial charge in [-0.25, -0.2) is 4.52 Å². The largest absolute Gasteiger partial charge is 0.322 e. The second-order valence-corrected chi connectivity index (χ2v) is 5.29. The summed E-state index contributed by atoms with van der Waals surface area (Å²) in [6, 6.07) is 5.70. The fourth-order valence-electron chi connectivity index (χ4n) is 1.97. The van der Waals surface area contributed by atoms with Crippen LogP contribution in [0.3, 0.4) is 0 Å². The van der Waals surface area contributed by atoms with Gasteiger partial charge < -0.3 is 5.32 Å². The van der Waals surface area contributed by atoms with Crippen molar-refractivity contribution in [3.8, 4) is 0 Å². The minimum absolute atomic E-state index is 0.196. The van der Waals surface area contributed by atoms with Crippen molar-refractivity contribution in [3.63, 3.8) is 0 Å². The molecule has 0 saturated heterocycles. The summed E-state index contributed by atoms with van der Waals surface area (Å²) in [7, 11) is 0. The molecule has 0 spiro atoms. The Kier molecular flexibility index (Phi) is 3.23. The molecule has 1 amide bonds. The molecule has 3 rings (SSSR count). The molecule has 2 heterocycles. The van der Waals surface area contributed by atoms with E-state index in [0.29, 0.717) is 11.1 Å². The standard InChI is InChI=1S/C14H11BrN4O/c1-9-6-10(15)2-3-12(9)18-14(20)11-7-17-19-5-4-16-8-13(11)19/h2-8H,1H3,(H,18,20). The first-order valence-electron chi connectivity index (χ1n) is 6.00. The SMILES string of the molecule is Cc1cc(Br)ccc1NC(=O)c1cnn2ccncc12. The first kappa shape index (κ1) is 12.8. The van der Waals surface area contributed by atoms with Gasteiger partial charge in [-0.15, -0.1) is 0 Å². The fourth-order valence-corrected chi connectivity index (χ4v) is 2.44. The van der Waals surface area contributed by atoms with Crippen LogP contribution in [-0.2, 0) is 0 Å². The molecule has 3 aromatic rings. The van der Waals surface area contributed by atoms with Gasteiger partial charge in [-0.1, -0.05) is 15.9 Å². The van der Waals surface area contributed by atoms with Gasteiger partial charge in [-0.2, -0.15) is 5.10 Å². The van der Waals surface area contributed by atoms with Crippen LogP contribution in [0.2, 0.25) is 0 Å². The number of benzene rings is 1. The number of aryl methyl sites for hydroxylation is 1. The van der Waals surface area contributed by atoms with Gasteiger partial charge in [0.05, 0.1) is 23.5 Å². The number of halogens is 1. The zero-order valence-electron chi connectivity index (χ0n) is 10.7. The van der Waals surface area contributed by atoms with Gasteiger partial charge in [0.25, 0.3) is 5.91 Å². The summed E-state index contributed by atoms with van der Waals surface area (Å²) in [5.74, 6) is -0.196. The third-order valence-electron chi connectivity index (χ3n) is 3.01. The van der Waals surface area contributed by atoms with E-state index in [2.05, 4.69) is 31.3 Å². The van der Waals surface area contributed by atoms with Crippen molar-refractivity contribution in [3.05, 3.63) is 58.6 Å². The van der Waals surface area contributed by atoms with Crippen molar-refractivity contribution in [2.75, 3.05) is 5.32 Å². The van der Waals surface area contributed by atoms with Crippen molar-refractivity contribution in [2.45, 2.75) is 6.92 Å². The summed E-state index contributed by atoms with van der Waals surface area (Å²) in [5, 5.41) is 7.02. The highest BCUT2D eigenvalue weighted by atomic mass is 79.9. The maximum Gasteiger partial charge on any atom is 0.259 e. The first-order valence-corrected chi connectivity index (χ1v) is 6.79. The van der Waals surface area contributed by atoms with Crippen LogP contribution >= 0.6 is 15.9 Å². The van der Waals surface area contributed by atoms with Gasteiger partial charge in [0.1, 0.15) is 0 Å². The van der Waals surface area contributed by atoms with E-state index in [0.717, 1.165) is 15.7 Å². The Labute approximate surface area is 123 Å². The molecule has 0 aliphatic heterocycles. The average molecular weight is 331 g/mol. The van der Waals surface area contributed by atoms with Gasteiger partial charge in [-0.3, -0.25) is 9.78 Å². The van der Waals surface area contributed by atoms with Crippen LogP contribution in [0.5, 0.6) is 0 Å². The van der Waals surface area contributed by atoms with Crippen LogP contribution in [0, 0.1) is 6.92 Å². The Morgan fingerprint density at radius 1 is 1.35 bits per heavy atom. The molecule has 5 nitrogen and oxygen atoms in total. The molecule has 1 N–H and O–H groups in total. The maximum atomic E-state index is 12.3.